The Balaban J connectivity index is 1.95. The number of aryl methyl sites for hydroxylation is 1. The van der Waals surface area contributed by atoms with Crippen LogP contribution in [0.2, 0.25) is 0 Å². The van der Waals surface area contributed by atoms with E-state index in [1.54, 1.807) is 0 Å². The summed E-state index contributed by atoms with van der Waals surface area (Å²) in [4.78, 5) is 4.50. The first-order valence-electron chi connectivity index (χ1n) is 6.86. The van der Waals surface area contributed by atoms with Gasteiger partial charge in [-0.15, -0.1) is 0 Å². The normalized spacial score (nSPS) is 12.8. The molecule has 1 aromatic carbocycles. The summed E-state index contributed by atoms with van der Waals surface area (Å²) in [5.41, 5.74) is 2.41. The minimum Gasteiger partial charge on any atom is -0.314 e. The Kier molecular flexibility index (Phi) is 4.71. The summed E-state index contributed by atoms with van der Waals surface area (Å²) in [6, 6.07) is 11.1. The van der Waals surface area contributed by atoms with E-state index in [4.69, 9.17) is 0 Å². The van der Waals surface area contributed by atoms with Gasteiger partial charge in [-0.05, 0) is 50.4 Å². The zero-order chi connectivity index (χ0) is 12.8. The molecule has 1 unspecified atom stereocenters. The highest BCUT2D eigenvalue weighted by Crippen LogP contribution is 2.14. The number of fused-ring (bicyclic) bond motifs is 1. The molecule has 2 nitrogen and oxygen atoms in total. The van der Waals surface area contributed by atoms with Crippen molar-refractivity contribution in [1.29, 1.82) is 0 Å². The monoisotopic (exact) mass is 242 g/mol. The van der Waals surface area contributed by atoms with Crippen molar-refractivity contribution in [2.45, 2.75) is 39.2 Å². The van der Waals surface area contributed by atoms with Gasteiger partial charge in [-0.2, -0.15) is 0 Å². The maximum atomic E-state index is 4.50. The lowest BCUT2D eigenvalue weighted by Crippen LogP contribution is -2.27. The average molecular weight is 242 g/mol. The standard InChI is InChI=1S/C16H22N2/c1-3-10-17-13(2)8-9-14-11-15-6-4-5-7-16(15)18-12-14/h4-7,11-13,17H,3,8-10H2,1-2H3. The molecule has 0 bridgehead atoms. The number of nitrogens with zero attached hydrogens (tertiary/aromatic N) is 1. The molecule has 2 aromatic rings. The van der Waals surface area contributed by atoms with Crippen LogP contribution in [0, 0.1) is 0 Å². The second-order valence-electron chi connectivity index (χ2n) is 4.93. The maximum Gasteiger partial charge on any atom is 0.0702 e. The predicted molar refractivity (Wildman–Crippen MR) is 77.8 cm³/mol. The fourth-order valence-corrected chi connectivity index (χ4v) is 2.13. The predicted octanol–water partition coefficient (Wildman–Crippen LogP) is 3.56. The van der Waals surface area contributed by atoms with E-state index in [9.17, 15) is 0 Å². The molecule has 2 heteroatoms. The summed E-state index contributed by atoms with van der Waals surface area (Å²) in [5, 5.41) is 4.76. The Morgan fingerprint density at radius 2 is 2.11 bits per heavy atom. The van der Waals surface area contributed by atoms with Crippen LogP contribution in [0.15, 0.2) is 36.5 Å². The number of aromatic nitrogens is 1. The molecule has 1 aromatic heterocycles. The molecule has 1 N–H and O–H groups in total. The highest BCUT2D eigenvalue weighted by molar-refractivity contribution is 5.78. The molecule has 0 aliphatic carbocycles. The SMILES string of the molecule is CCCNC(C)CCc1cnc2ccccc2c1. The van der Waals surface area contributed by atoms with Crippen molar-refractivity contribution in [3.8, 4) is 0 Å². The summed E-state index contributed by atoms with van der Waals surface area (Å²) in [6.45, 7) is 5.56. The van der Waals surface area contributed by atoms with Gasteiger partial charge in [-0.25, -0.2) is 0 Å². The molecule has 0 aliphatic heterocycles. The summed E-state index contributed by atoms with van der Waals surface area (Å²) < 4.78 is 0. The Morgan fingerprint density at radius 3 is 2.94 bits per heavy atom. The molecule has 0 aliphatic rings. The Morgan fingerprint density at radius 1 is 1.28 bits per heavy atom. The lowest BCUT2D eigenvalue weighted by molar-refractivity contribution is 0.513. The third-order valence-corrected chi connectivity index (χ3v) is 3.26. The minimum absolute atomic E-state index is 0.580. The molecule has 1 atom stereocenters. The van der Waals surface area contributed by atoms with Gasteiger partial charge in [0, 0.05) is 17.6 Å². The number of nitrogens with one attached hydrogen (secondary N) is 1. The van der Waals surface area contributed by atoms with E-state index >= 15 is 0 Å². The van der Waals surface area contributed by atoms with E-state index in [2.05, 4.69) is 48.4 Å². The molecule has 0 fully saturated rings. The van der Waals surface area contributed by atoms with Crippen LogP contribution in [-0.2, 0) is 6.42 Å². The zero-order valence-electron chi connectivity index (χ0n) is 11.3. The summed E-state index contributed by atoms with van der Waals surface area (Å²) in [5.74, 6) is 0. The quantitative estimate of drug-likeness (QED) is 0.838. The molecule has 18 heavy (non-hydrogen) atoms. The molecular weight excluding hydrogens is 220 g/mol. The van der Waals surface area contributed by atoms with Gasteiger partial charge in [0.1, 0.15) is 0 Å². The van der Waals surface area contributed by atoms with Gasteiger partial charge in [0.05, 0.1) is 5.52 Å². The number of rotatable bonds is 6. The molecule has 0 saturated carbocycles. The lowest BCUT2D eigenvalue weighted by Gasteiger charge is -2.12. The summed E-state index contributed by atoms with van der Waals surface area (Å²) in [7, 11) is 0. The molecule has 0 spiro atoms. The number of hydrogen-bond acceptors (Lipinski definition) is 2. The van der Waals surface area contributed by atoms with Crippen LogP contribution in [0.4, 0.5) is 0 Å². The number of para-hydroxylation sites is 1. The highest BCUT2D eigenvalue weighted by atomic mass is 14.9. The topological polar surface area (TPSA) is 24.9 Å². The van der Waals surface area contributed by atoms with E-state index < -0.39 is 0 Å². The molecular formula is C16H22N2. The van der Waals surface area contributed by atoms with Crippen LogP contribution in [0.5, 0.6) is 0 Å². The van der Waals surface area contributed by atoms with E-state index in [0.717, 1.165) is 18.5 Å². The maximum absolute atomic E-state index is 4.50. The van der Waals surface area contributed by atoms with Crippen molar-refractivity contribution < 1.29 is 0 Å². The second-order valence-corrected chi connectivity index (χ2v) is 4.93. The van der Waals surface area contributed by atoms with Crippen molar-refractivity contribution >= 4 is 10.9 Å². The van der Waals surface area contributed by atoms with Crippen LogP contribution >= 0.6 is 0 Å². The third kappa shape index (κ3) is 3.54. The van der Waals surface area contributed by atoms with E-state index in [1.807, 2.05) is 12.3 Å². The lowest BCUT2D eigenvalue weighted by atomic mass is 10.1. The highest BCUT2D eigenvalue weighted by Gasteiger charge is 2.02. The second kappa shape index (κ2) is 6.50. The van der Waals surface area contributed by atoms with E-state index in [-0.39, 0.29) is 0 Å². The first kappa shape index (κ1) is 13.0. The van der Waals surface area contributed by atoms with Crippen molar-refractivity contribution in [2.75, 3.05) is 6.54 Å². The minimum atomic E-state index is 0.580. The zero-order valence-corrected chi connectivity index (χ0v) is 11.3. The average Bonchev–Trinajstić information content (AvgIpc) is 2.42. The van der Waals surface area contributed by atoms with E-state index in [0.29, 0.717) is 6.04 Å². The van der Waals surface area contributed by atoms with Crippen LogP contribution in [0.3, 0.4) is 0 Å². The number of pyridine rings is 1. The van der Waals surface area contributed by atoms with Crippen molar-refractivity contribution in [2.24, 2.45) is 0 Å². The Hall–Kier alpha value is -1.41. The van der Waals surface area contributed by atoms with Crippen molar-refractivity contribution in [3.05, 3.63) is 42.1 Å². The fraction of sp³-hybridized carbons (Fsp3) is 0.438. The third-order valence-electron chi connectivity index (χ3n) is 3.26. The number of benzene rings is 1. The van der Waals surface area contributed by atoms with Crippen LogP contribution in [0.25, 0.3) is 10.9 Å². The van der Waals surface area contributed by atoms with Gasteiger partial charge in [-0.3, -0.25) is 4.98 Å². The van der Waals surface area contributed by atoms with Crippen LogP contribution in [0.1, 0.15) is 32.3 Å². The fourth-order valence-electron chi connectivity index (χ4n) is 2.13. The van der Waals surface area contributed by atoms with Gasteiger partial charge in [-0.1, -0.05) is 25.1 Å². The summed E-state index contributed by atoms with van der Waals surface area (Å²) >= 11 is 0. The van der Waals surface area contributed by atoms with Crippen LogP contribution < -0.4 is 5.32 Å². The van der Waals surface area contributed by atoms with Crippen molar-refractivity contribution in [1.82, 2.24) is 10.3 Å². The van der Waals surface area contributed by atoms with Gasteiger partial charge >= 0.3 is 0 Å². The molecule has 2 rings (SSSR count). The summed E-state index contributed by atoms with van der Waals surface area (Å²) in [6.07, 6.45) is 5.46. The Bertz CT molecular complexity index is 493. The molecule has 1 heterocycles. The van der Waals surface area contributed by atoms with Gasteiger partial charge in [0.15, 0.2) is 0 Å². The van der Waals surface area contributed by atoms with Crippen LogP contribution in [-0.4, -0.2) is 17.6 Å². The van der Waals surface area contributed by atoms with Gasteiger partial charge in [0.25, 0.3) is 0 Å². The van der Waals surface area contributed by atoms with Gasteiger partial charge in [0.2, 0.25) is 0 Å². The first-order valence-corrected chi connectivity index (χ1v) is 6.86. The first-order chi connectivity index (χ1) is 8.79. The van der Waals surface area contributed by atoms with E-state index in [1.165, 1.54) is 23.8 Å². The van der Waals surface area contributed by atoms with Crippen molar-refractivity contribution in [3.63, 3.8) is 0 Å². The largest absolute Gasteiger partial charge is 0.314 e. The molecule has 96 valence electrons. The molecule has 0 amide bonds. The Labute approximate surface area is 109 Å². The molecule has 0 saturated heterocycles. The number of hydrogen-bond donors (Lipinski definition) is 1. The molecule has 0 radical (unpaired) electrons. The smallest absolute Gasteiger partial charge is 0.0702 e. The van der Waals surface area contributed by atoms with Gasteiger partial charge < -0.3 is 5.32 Å².